The van der Waals surface area contributed by atoms with Gasteiger partial charge in [-0.1, -0.05) is 0 Å². The minimum atomic E-state index is -1.06. The molecule has 2 aliphatic rings. The van der Waals surface area contributed by atoms with Crippen molar-refractivity contribution in [3.63, 3.8) is 0 Å². The second-order valence-electron chi connectivity index (χ2n) is 7.38. The van der Waals surface area contributed by atoms with Crippen molar-refractivity contribution in [3.8, 4) is 11.5 Å². The topological polar surface area (TPSA) is 85.3 Å². The number of carbonyl (C=O) groups excluding carboxylic acids is 1. The molecule has 0 radical (unpaired) electrons. The minimum absolute atomic E-state index is 0.0309. The fourth-order valence-corrected chi connectivity index (χ4v) is 4.09. The summed E-state index contributed by atoms with van der Waals surface area (Å²) in [5, 5.41) is 8.80. The van der Waals surface area contributed by atoms with E-state index in [4.69, 9.17) is 19.3 Å². The van der Waals surface area contributed by atoms with Gasteiger partial charge in [0.15, 0.2) is 18.1 Å². The number of aliphatic carboxylic acids is 1. The first-order valence-electron chi connectivity index (χ1n) is 9.44. The van der Waals surface area contributed by atoms with Crippen LogP contribution in [-0.4, -0.2) is 60.9 Å². The molecule has 148 valence electrons. The highest BCUT2D eigenvalue weighted by Crippen LogP contribution is 2.43. The van der Waals surface area contributed by atoms with Gasteiger partial charge in [0.25, 0.3) is 5.91 Å². The number of carboxylic acids is 1. The Morgan fingerprint density at radius 1 is 1.26 bits per heavy atom. The number of hydrogen-bond donors (Lipinski definition) is 1. The van der Waals surface area contributed by atoms with Gasteiger partial charge in [-0.3, -0.25) is 4.79 Å². The average molecular weight is 377 g/mol. The molecule has 2 aliphatic heterocycles. The van der Waals surface area contributed by atoms with E-state index < -0.39 is 12.6 Å². The number of carboxylic acid groups (broad SMARTS) is 1. The highest BCUT2D eigenvalue weighted by molar-refractivity contribution is 5.95. The zero-order valence-electron chi connectivity index (χ0n) is 15.9. The van der Waals surface area contributed by atoms with Crippen molar-refractivity contribution in [2.24, 2.45) is 5.41 Å². The number of ether oxygens (including phenoxy) is 3. The molecule has 1 amide bonds. The van der Waals surface area contributed by atoms with Gasteiger partial charge in [-0.05, 0) is 56.7 Å². The molecule has 3 rings (SSSR count). The van der Waals surface area contributed by atoms with Gasteiger partial charge in [0.1, 0.15) is 0 Å². The molecule has 1 N–H and O–H groups in total. The Morgan fingerprint density at radius 3 is 2.67 bits per heavy atom. The third-order valence-electron chi connectivity index (χ3n) is 5.42. The Bertz CT molecular complexity index is 698. The van der Waals surface area contributed by atoms with E-state index in [1.54, 1.807) is 18.2 Å². The van der Waals surface area contributed by atoms with Crippen LogP contribution < -0.4 is 9.47 Å². The number of nitrogens with zero attached hydrogens (tertiary/aromatic N) is 1. The molecule has 1 aromatic carbocycles. The van der Waals surface area contributed by atoms with Gasteiger partial charge < -0.3 is 24.2 Å². The normalized spacial score (nSPS) is 21.3. The molecule has 1 unspecified atom stereocenters. The number of carbonyl (C=O) groups is 2. The third-order valence-corrected chi connectivity index (χ3v) is 5.42. The van der Waals surface area contributed by atoms with Gasteiger partial charge in [0.2, 0.25) is 0 Å². The van der Waals surface area contributed by atoms with E-state index in [1.807, 2.05) is 11.8 Å². The van der Waals surface area contributed by atoms with Gasteiger partial charge in [-0.25, -0.2) is 4.79 Å². The monoisotopic (exact) mass is 377 g/mol. The van der Waals surface area contributed by atoms with Crippen LogP contribution in [0.3, 0.4) is 0 Å². The molecule has 27 heavy (non-hydrogen) atoms. The largest absolute Gasteiger partial charge is 0.490 e. The third kappa shape index (κ3) is 4.35. The lowest BCUT2D eigenvalue weighted by Gasteiger charge is -2.33. The van der Waals surface area contributed by atoms with Gasteiger partial charge >= 0.3 is 5.97 Å². The molecule has 0 aromatic heterocycles. The molecule has 7 heteroatoms. The van der Waals surface area contributed by atoms with Crippen LogP contribution in [-0.2, 0) is 9.53 Å². The SMILES string of the molecule is CCOc1cc(C(=O)N2CC3(CCOCC3)CC2C)ccc1OCC(=O)O. The van der Waals surface area contributed by atoms with Crippen LogP contribution in [0, 0.1) is 5.41 Å². The van der Waals surface area contributed by atoms with E-state index >= 15 is 0 Å². The highest BCUT2D eigenvalue weighted by Gasteiger charge is 2.44. The Kier molecular flexibility index (Phi) is 5.89. The lowest BCUT2D eigenvalue weighted by molar-refractivity contribution is -0.139. The molecule has 0 saturated carbocycles. The fourth-order valence-electron chi connectivity index (χ4n) is 4.09. The molecular weight excluding hydrogens is 350 g/mol. The van der Waals surface area contributed by atoms with Crippen LogP contribution in [0.4, 0.5) is 0 Å². The number of hydrogen-bond acceptors (Lipinski definition) is 5. The number of amides is 1. The van der Waals surface area contributed by atoms with E-state index in [0.717, 1.165) is 39.0 Å². The van der Waals surface area contributed by atoms with Gasteiger partial charge in [-0.2, -0.15) is 0 Å². The van der Waals surface area contributed by atoms with Crippen molar-refractivity contribution in [1.82, 2.24) is 4.90 Å². The summed E-state index contributed by atoms with van der Waals surface area (Å²) in [5.74, 6) is -0.384. The molecule has 2 saturated heterocycles. The summed E-state index contributed by atoms with van der Waals surface area (Å²) in [5.41, 5.74) is 0.692. The Hall–Kier alpha value is -2.28. The fraction of sp³-hybridized carbons (Fsp3) is 0.600. The second-order valence-corrected chi connectivity index (χ2v) is 7.38. The predicted octanol–water partition coefficient (Wildman–Crippen LogP) is 2.58. The summed E-state index contributed by atoms with van der Waals surface area (Å²) in [6.45, 7) is 6.13. The average Bonchev–Trinajstić information content (AvgIpc) is 2.96. The standard InChI is InChI=1S/C20H27NO6/c1-3-26-17-10-15(4-5-16(17)27-12-18(22)23)19(24)21-13-20(11-14(21)2)6-8-25-9-7-20/h4-5,10,14H,3,6-9,11-13H2,1-2H3,(H,22,23). The van der Waals surface area contributed by atoms with E-state index in [9.17, 15) is 9.59 Å². The smallest absolute Gasteiger partial charge is 0.341 e. The Morgan fingerprint density at radius 2 is 2.00 bits per heavy atom. The molecule has 1 atom stereocenters. The quantitative estimate of drug-likeness (QED) is 0.820. The van der Waals surface area contributed by atoms with Crippen molar-refractivity contribution in [3.05, 3.63) is 23.8 Å². The van der Waals surface area contributed by atoms with Crippen LogP contribution in [0.25, 0.3) is 0 Å². The van der Waals surface area contributed by atoms with Crippen molar-refractivity contribution in [1.29, 1.82) is 0 Å². The number of benzene rings is 1. The Balaban J connectivity index is 1.77. The highest BCUT2D eigenvalue weighted by atomic mass is 16.5. The van der Waals surface area contributed by atoms with Crippen LogP contribution in [0.15, 0.2) is 18.2 Å². The summed E-state index contributed by atoms with van der Waals surface area (Å²) in [4.78, 5) is 25.8. The van der Waals surface area contributed by atoms with Crippen molar-refractivity contribution < 1.29 is 28.9 Å². The van der Waals surface area contributed by atoms with Gasteiger partial charge in [0.05, 0.1) is 6.61 Å². The van der Waals surface area contributed by atoms with Crippen LogP contribution in [0.2, 0.25) is 0 Å². The van der Waals surface area contributed by atoms with E-state index in [2.05, 4.69) is 6.92 Å². The molecule has 1 spiro atoms. The first kappa shape index (κ1) is 19.5. The lowest BCUT2D eigenvalue weighted by Crippen LogP contribution is -2.37. The molecule has 0 bridgehead atoms. The lowest BCUT2D eigenvalue weighted by atomic mass is 9.78. The van der Waals surface area contributed by atoms with Crippen molar-refractivity contribution in [2.45, 2.75) is 39.2 Å². The van der Waals surface area contributed by atoms with E-state index in [1.165, 1.54) is 0 Å². The van der Waals surface area contributed by atoms with Crippen LogP contribution in [0.1, 0.15) is 43.5 Å². The summed E-state index contributed by atoms with van der Waals surface area (Å²) in [6, 6.07) is 5.09. The minimum Gasteiger partial charge on any atom is -0.490 e. The van der Waals surface area contributed by atoms with E-state index in [0.29, 0.717) is 23.7 Å². The zero-order valence-corrected chi connectivity index (χ0v) is 15.9. The molecule has 2 fully saturated rings. The summed E-state index contributed by atoms with van der Waals surface area (Å²) >= 11 is 0. The number of likely N-dealkylation sites (tertiary alicyclic amines) is 1. The second kappa shape index (κ2) is 8.17. The summed E-state index contributed by atoms with van der Waals surface area (Å²) in [7, 11) is 0. The first-order valence-corrected chi connectivity index (χ1v) is 9.44. The zero-order chi connectivity index (χ0) is 19.4. The van der Waals surface area contributed by atoms with Crippen LogP contribution >= 0.6 is 0 Å². The van der Waals surface area contributed by atoms with Gasteiger partial charge in [-0.15, -0.1) is 0 Å². The van der Waals surface area contributed by atoms with Crippen molar-refractivity contribution in [2.75, 3.05) is 33.0 Å². The molecule has 7 nitrogen and oxygen atoms in total. The predicted molar refractivity (Wildman–Crippen MR) is 98.3 cm³/mol. The maximum Gasteiger partial charge on any atom is 0.341 e. The molecule has 2 heterocycles. The van der Waals surface area contributed by atoms with E-state index in [-0.39, 0.29) is 17.4 Å². The summed E-state index contributed by atoms with van der Waals surface area (Å²) < 4.78 is 16.3. The molecule has 1 aromatic rings. The maximum absolute atomic E-state index is 13.1. The van der Waals surface area contributed by atoms with Gasteiger partial charge in [0, 0.05) is 31.4 Å². The summed E-state index contributed by atoms with van der Waals surface area (Å²) in [6.07, 6.45) is 2.99. The first-order chi connectivity index (χ1) is 12.9. The Labute approximate surface area is 159 Å². The van der Waals surface area contributed by atoms with Crippen molar-refractivity contribution >= 4 is 11.9 Å². The number of rotatable bonds is 6. The molecule has 0 aliphatic carbocycles. The maximum atomic E-state index is 13.1. The molecular formula is C20H27NO6. The van der Waals surface area contributed by atoms with Crippen LogP contribution in [0.5, 0.6) is 11.5 Å².